The molecule has 2 N–H and O–H groups in total. The molecule has 1 heterocycles. The smallest absolute Gasteiger partial charge is 0.0485 e. The second-order valence-corrected chi connectivity index (χ2v) is 5.59. The van der Waals surface area contributed by atoms with E-state index in [0.717, 1.165) is 17.3 Å². The third kappa shape index (κ3) is 1.98. The predicted octanol–water partition coefficient (Wildman–Crippen LogP) is 3.57. The standard InChI is InChI=1S/C15H15BrN2/c16-13-6-2-1-5-11(13)14(17)12-8-7-10-4-3-9-18-15(10)12/h1-6,9,12,14H,7-8,17H2. The average molecular weight is 303 g/mol. The first-order chi connectivity index (χ1) is 8.77. The Morgan fingerprint density at radius 2 is 2.06 bits per heavy atom. The van der Waals surface area contributed by atoms with E-state index in [-0.39, 0.29) is 6.04 Å². The van der Waals surface area contributed by atoms with Crippen molar-refractivity contribution >= 4 is 15.9 Å². The van der Waals surface area contributed by atoms with Crippen molar-refractivity contribution in [2.45, 2.75) is 24.8 Å². The lowest BCUT2D eigenvalue weighted by molar-refractivity contribution is 0.539. The monoisotopic (exact) mass is 302 g/mol. The van der Waals surface area contributed by atoms with E-state index in [4.69, 9.17) is 5.73 Å². The highest BCUT2D eigenvalue weighted by molar-refractivity contribution is 9.10. The maximum absolute atomic E-state index is 6.45. The maximum Gasteiger partial charge on any atom is 0.0485 e. The van der Waals surface area contributed by atoms with Crippen LogP contribution in [0.25, 0.3) is 0 Å². The van der Waals surface area contributed by atoms with Crippen molar-refractivity contribution in [1.82, 2.24) is 4.98 Å². The van der Waals surface area contributed by atoms with Gasteiger partial charge in [0.1, 0.15) is 0 Å². The van der Waals surface area contributed by atoms with Crippen LogP contribution >= 0.6 is 15.9 Å². The van der Waals surface area contributed by atoms with Gasteiger partial charge in [0, 0.05) is 28.3 Å². The van der Waals surface area contributed by atoms with Crippen molar-refractivity contribution in [2.24, 2.45) is 5.73 Å². The Morgan fingerprint density at radius 1 is 1.22 bits per heavy atom. The second-order valence-electron chi connectivity index (χ2n) is 4.74. The molecule has 1 aromatic heterocycles. The molecular formula is C15H15BrN2. The number of halogens is 1. The number of fused-ring (bicyclic) bond motifs is 1. The molecule has 3 heteroatoms. The highest BCUT2D eigenvalue weighted by Crippen LogP contribution is 2.40. The van der Waals surface area contributed by atoms with E-state index in [1.165, 1.54) is 16.8 Å². The Kier molecular flexibility index (Phi) is 3.18. The van der Waals surface area contributed by atoms with Crippen molar-refractivity contribution in [2.75, 3.05) is 0 Å². The summed E-state index contributed by atoms with van der Waals surface area (Å²) >= 11 is 3.58. The molecule has 0 spiro atoms. The molecule has 18 heavy (non-hydrogen) atoms. The van der Waals surface area contributed by atoms with Gasteiger partial charge in [-0.3, -0.25) is 4.98 Å². The number of aryl methyl sites for hydroxylation is 1. The molecule has 1 aliphatic rings. The molecule has 0 bridgehead atoms. The average Bonchev–Trinajstić information content (AvgIpc) is 2.82. The van der Waals surface area contributed by atoms with Crippen LogP contribution in [0, 0.1) is 0 Å². The molecular weight excluding hydrogens is 288 g/mol. The van der Waals surface area contributed by atoms with Gasteiger partial charge >= 0.3 is 0 Å². The first kappa shape index (κ1) is 11.9. The number of nitrogens with two attached hydrogens (primary N) is 1. The highest BCUT2D eigenvalue weighted by Gasteiger charge is 2.30. The number of nitrogens with zero attached hydrogens (tertiary/aromatic N) is 1. The van der Waals surface area contributed by atoms with Crippen molar-refractivity contribution < 1.29 is 0 Å². The summed E-state index contributed by atoms with van der Waals surface area (Å²) < 4.78 is 1.09. The normalized spacial score (nSPS) is 19.6. The number of hydrogen-bond donors (Lipinski definition) is 1. The van der Waals surface area contributed by atoms with Crippen LogP contribution in [0.15, 0.2) is 47.1 Å². The van der Waals surface area contributed by atoms with Gasteiger partial charge in [0.25, 0.3) is 0 Å². The Bertz CT molecular complexity index is 568. The fraction of sp³-hybridized carbons (Fsp3) is 0.267. The molecule has 2 nitrogen and oxygen atoms in total. The van der Waals surface area contributed by atoms with Crippen LogP contribution in [-0.4, -0.2) is 4.98 Å². The van der Waals surface area contributed by atoms with Crippen molar-refractivity contribution in [3.05, 3.63) is 63.9 Å². The zero-order valence-corrected chi connectivity index (χ0v) is 11.6. The molecule has 2 aromatic rings. The van der Waals surface area contributed by atoms with Crippen molar-refractivity contribution in [3.63, 3.8) is 0 Å². The Balaban J connectivity index is 1.96. The number of hydrogen-bond acceptors (Lipinski definition) is 2. The summed E-state index contributed by atoms with van der Waals surface area (Å²) in [5.41, 5.74) is 10.1. The van der Waals surface area contributed by atoms with E-state index >= 15 is 0 Å². The highest BCUT2D eigenvalue weighted by atomic mass is 79.9. The quantitative estimate of drug-likeness (QED) is 0.921. The van der Waals surface area contributed by atoms with Gasteiger partial charge < -0.3 is 5.73 Å². The zero-order valence-electron chi connectivity index (χ0n) is 10.0. The molecule has 0 aliphatic heterocycles. The van der Waals surface area contributed by atoms with Crippen LogP contribution in [0.4, 0.5) is 0 Å². The van der Waals surface area contributed by atoms with Gasteiger partial charge in [-0.2, -0.15) is 0 Å². The van der Waals surface area contributed by atoms with E-state index in [0.29, 0.717) is 5.92 Å². The third-order valence-electron chi connectivity index (χ3n) is 3.70. The Hall–Kier alpha value is -1.19. The van der Waals surface area contributed by atoms with Crippen molar-refractivity contribution in [1.29, 1.82) is 0 Å². The summed E-state index contributed by atoms with van der Waals surface area (Å²) in [6.45, 7) is 0. The minimum absolute atomic E-state index is 0.0109. The van der Waals surface area contributed by atoms with E-state index in [2.05, 4.69) is 33.0 Å². The lowest BCUT2D eigenvalue weighted by Crippen LogP contribution is -2.19. The topological polar surface area (TPSA) is 38.9 Å². The summed E-state index contributed by atoms with van der Waals surface area (Å²) in [6, 6.07) is 12.4. The van der Waals surface area contributed by atoms with Crippen LogP contribution in [0.3, 0.4) is 0 Å². The first-order valence-corrected chi connectivity index (χ1v) is 7.00. The largest absolute Gasteiger partial charge is 0.323 e. The van der Waals surface area contributed by atoms with Gasteiger partial charge in [0.2, 0.25) is 0 Å². The van der Waals surface area contributed by atoms with E-state index < -0.39 is 0 Å². The summed E-state index contributed by atoms with van der Waals surface area (Å²) in [5.74, 6) is 0.333. The summed E-state index contributed by atoms with van der Waals surface area (Å²) in [4.78, 5) is 4.52. The summed E-state index contributed by atoms with van der Waals surface area (Å²) in [5, 5.41) is 0. The minimum atomic E-state index is 0.0109. The summed E-state index contributed by atoms with van der Waals surface area (Å²) in [7, 11) is 0. The van der Waals surface area contributed by atoms with Crippen LogP contribution < -0.4 is 5.73 Å². The van der Waals surface area contributed by atoms with Crippen LogP contribution in [0.2, 0.25) is 0 Å². The fourth-order valence-electron chi connectivity index (χ4n) is 2.76. The lowest BCUT2D eigenvalue weighted by atomic mass is 9.91. The minimum Gasteiger partial charge on any atom is -0.323 e. The molecule has 0 fully saturated rings. The van der Waals surface area contributed by atoms with Crippen molar-refractivity contribution in [3.8, 4) is 0 Å². The third-order valence-corrected chi connectivity index (χ3v) is 4.42. The fourth-order valence-corrected chi connectivity index (χ4v) is 3.30. The van der Waals surface area contributed by atoms with Gasteiger partial charge in [-0.15, -0.1) is 0 Å². The van der Waals surface area contributed by atoms with E-state index in [1.54, 1.807) is 0 Å². The molecule has 0 amide bonds. The number of pyridine rings is 1. The second kappa shape index (κ2) is 4.82. The molecule has 0 radical (unpaired) electrons. The van der Waals surface area contributed by atoms with Crippen LogP contribution in [-0.2, 0) is 6.42 Å². The molecule has 0 saturated heterocycles. The van der Waals surface area contributed by atoms with Gasteiger partial charge in [-0.1, -0.05) is 40.2 Å². The molecule has 1 aliphatic carbocycles. The Morgan fingerprint density at radius 3 is 2.89 bits per heavy atom. The number of rotatable bonds is 2. The first-order valence-electron chi connectivity index (χ1n) is 6.21. The summed E-state index contributed by atoms with van der Waals surface area (Å²) in [6.07, 6.45) is 4.05. The van der Waals surface area contributed by atoms with E-state index in [1.807, 2.05) is 30.5 Å². The zero-order chi connectivity index (χ0) is 12.5. The molecule has 1 aromatic carbocycles. The van der Waals surface area contributed by atoms with Gasteiger partial charge in [-0.05, 0) is 36.1 Å². The molecule has 2 atom stereocenters. The molecule has 92 valence electrons. The van der Waals surface area contributed by atoms with Crippen LogP contribution in [0.1, 0.15) is 35.2 Å². The van der Waals surface area contributed by atoms with Gasteiger partial charge in [-0.25, -0.2) is 0 Å². The van der Waals surface area contributed by atoms with Gasteiger partial charge in [0.05, 0.1) is 0 Å². The lowest BCUT2D eigenvalue weighted by Gasteiger charge is -2.21. The SMILES string of the molecule is NC(c1ccccc1Br)C1CCc2cccnc21. The number of benzene rings is 1. The van der Waals surface area contributed by atoms with Gasteiger partial charge in [0.15, 0.2) is 0 Å². The Labute approximate surface area is 115 Å². The predicted molar refractivity (Wildman–Crippen MR) is 76.4 cm³/mol. The number of aromatic nitrogens is 1. The molecule has 2 unspecified atom stereocenters. The van der Waals surface area contributed by atoms with E-state index in [9.17, 15) is 0 Å². The van der Waals surface area contributed by atoms with Crippen LogP contribution in [0.5, 0.6) is 0 Å². The molecule has 0 saturated carbocycles. The maximum atomic E-state index is 6.45. The molecule has 3 rings (SSSR count).